The molecule has 2 saturated carbocycles. The Morgan fingerprint density at radius 1 is 1.09 bits per heavy atom. The normalized spacial score (nSPS) is 17.2. The van der Waals surface area contributed by atoms with E-state index in [4.69, 9.17) is 0 Å². The molecule has 0 N–H and O–H groups in total. The van der Waals surface area contributed by atoms with E-state index in [0.717, 1.165) is 49.8 Å². The van der Waals surface area contributed by atoms with Crippen LogP contribution in [0.2, 0.25) is 0 Å². The standard InChI is InChI=1S/C24H27F2N5O/c1-30-22(23(25)26)19(13-28-30)20-12-18(15-6-3-2-4-7-15)24(32)31(29-20)14-21-17(16-9-10-16)8-5-11-27-21/h5,8,11-13,15-16,23H,2-4,6-7,9-10,14H2,1H3. The highest BCUT2D eigenvalue weighted by atomic mass is 19.3. The van der Waals surface area contributed by atoms with E-state index < -0.39 is 6.43 Å². The van der Waals surface area contributed by atoms with Crippen molar-refractivity contribution in [3.05, 3.63) is 63.5 Å². The van der Waals surface area contributed by atoms with Crippen molar-refractivity contribution in [1.29, 1.82) is 0 Å². The minimum absolute atomic E-state index is 0.127. The van der Waals surface area contributed by atoms with Crippen molar-refractivity contribution in [2.45, 2.75) is 69.8 Å². The van der Waals surface area contributed by atoms with Crippen molar-refractivity contribution < 1.29 is 8.78 Å². The van der Waals surface area contributed by atoms with Gasteiger partial charge in [0.1, 0.15) is 5.69 Å². The lowest BCUT2D eigenvalue weighted by atomic mass is 9.84. The van der Waals surface area contributed by atoms with E-state index in [1.54, 1.807) is 12.3 Å². The zero-order valence-corrected chi connectivity index (χ0v) is 18.2. The fourth-order valence-corrected chi connectivity index (χ4v) is 4.90. The van der Waals surface area contributed by atoms with Gasteiger partial charge in [-0.05, 0) is 55.2 Å². The minimum atomic E-state index is -2.69. The lowest BCUT2D eigenvalue weighted by Gasteiger charge is -2.22. The van der Waals surface area contributed by atoms with E-state index in [1.807, 2.05) is 6.07 Å². The number of aryl methyl sites for hydroxylation is 1. The van der Waals surface area contributed by atoms with E-state index >= 15 is 0 Å². The smallest absolute Gasteiger partial charge is 0.267 e. The molecule has 32 heavy (non-hydrogen) atoms. The highest BCUT2D eigenvalue weighted by Crippen LogP contribution is 2.41. The number of nitrogens with zero attached hydrogens (tertiary/aromatic N) is 5. The molecule has 0 atom stereocenters. The SMILES string of the molecule is Cn1ncc(-c2cc(C3CCCCC3)c(=O)n(Cc3ncccc3C3CC3)n2)c1C(F)F. The van der Waals surface area contributed by atoms with Gasteiger partial charge in [0, 0.05) is 24.4 Å². The molecule has 5 rings (SSSR count). The van der Waals surface area contributed by atoms with Gasteiger partial charge in [0.25, 0.3) is 12.0 Å². The molecule has 0 unspecified atom stereocenters. The second kappa shape index (κ2) is 8.56. The minimum Gasteiger partial charge on any atom is -0.267 e. The quantitative estimate of drug-likeness (QED) is 0.545. The molecule has 0 aromatic carbocycles. The summed E-state index contributed by atoms with van der Waals surface area (Å²) in [4.78, 5) is 18.0. The first-order chi connectivity index (χ1) is 15.5. The van der Waals surface area contributed by atoms with Crippen LogP contribution in [-0.2, 0) is 13.6 Å². The lowest BCUT2D eigenvalue weighted by molar-refractivity contribution is 0.141. The van der Waals surface area contributed by atoms with Gasteiger partial charge < -0.3 is 0 Å². The van der Waals surface area contributed by atoms with Crippen molar-refractivity contribution in [3.63, 3.8) is 0 Å². The third-order valence-corrected chi connectivity index (χ3v) is 6.76. The molecule has 0 aliphatic heterocycles. The van der Waals surface area contributed by atoms with Crippen molar-refractivity contribution in [3.8, 4) is 11.3 Å². The molecule has 2 aliphatic rings. The number of halogens is 2. The Bertz CT molecular complexity index is 1180. The zero-order valence-electron chi connectivity index (χ0n) is 18.2. The van der Waals surface area contributed by atoms with Gasteiger partial charge in [0.2, 0.25) is 0 Å². The Balaban J connectivity index is 1.63. The Labute approximate surface area is 185 Å². The molecule has 0 spiro atoms. The fraction of sp³-hybridized carbons (Fsp3) is 0.500. The molecule has 3 heterocycles. The van der Waals surface area contributed by atoms with Crippen LogP contribution in [0.15, 0.2) is 35.4 Å². The molecule has 6 nitrogen and oxygen atoms in total. The summed E-state index contributed by atoms with van der Waals surface area (Å²) in [6.45, 7) is 0.239. The maximum atomic E-state index is 13.8. The zero-order chi connectivity index (χ0) is 22.2. The highest BCUT2D eigenvalue weighted by Gasteiger charge is 2.28. The van der Waals surface area contributed by atoms with Gasteiger partial charge in [-0.15, -0.1) is 0 Å². The molecule has 0 bridgehead atoms. The van der Waals surface area contributed by atoms with E-state index in [1.165, 1.54) is 29.0 Å². The number of hydrogen-bond donors (Lipinski definition) is 0. The Morgan fingerprint density at radius 2 is 1.84 bits per heavy atom. The summed E-state index contributed by atoms with van der Waals surface area (Å²) in [5.74, 6) is 0.613. The highest BCUT2D eigenvalue weighted by molar-refractivity contribution is 5.62. The first kappa shape index (κ1) is 21.0. The number of pyridine rings is 1. The van der Waals surface area contributed by atoms with Gasteiger partial charge in [-0.1, -0.05) is 25.3 Å². The van der Waals surface area contributed by atoms with Crippen LogP contribution in [0.1, 0.15) is 85.7 Å². The second-order valence-electron chi connectivity index (χ2n) is 8.96. The Morgan fingerprint density at radius 3 is 2.56 bits per heavy atom. The van der Waals surface area contributed by atoms with E-state index in [-0.39, 0.29) is 29.3 Å². The summed E-state index contributed by atoms with van der Waals surface area (Å²) in [5.41, 5.74) is 2.97. The Kier molecular flexibility index (Phi) is 5.61. The molecule has 2 aliphatic carbocycles. The van der Waals surface area contributed by atoms with Crippen LogP contribution < -0.4 is 5.56 Å². The monoisotopic (exact) mass is 439 g/mol. The first-order valence-corrected chi connectivity index (χ1v) is 11.4. The van der Waals surface area contributed by atoms with Crippen LogP contribution in [0.4, 0.5) is 8.78 Å². The maximum absolute atomic E-state index is 13.8. The van der Waals surface area contributed by atoms with Gasteiger partial charge in [0.05, 0.1) is 24.1 Å². The molecule has 3 aromatic heterocycles. The third-order valence-electron chi connectivity index (χ3n) is 6.76. The molecule has 168 valence electrons. The van der Waals surface area contributed by atoms with Gasteiger partial charge in [0.15, 0.2) is 0 Å². The maximum Gasteiger partial charge on any atom is 0.280 e. The van der Waals surface area contributed by atoms with Gasteiger partial charge in [-0.2, -0.15) is 10.2 Å². The van der Waals surface area contributed by atoms with E-state index in [2.05, 4.69) is 21.2 Å². The van der Waals surface area contributed by atoms with Crippen molar-refractivity contribution >= 4 is 0 Å². The van der Waals surface area contributed by atoms with Crippen molar-refractivity contribution in [2.75, 3.05) is 0 Å². The summed E-state index contributed by atoms with van der Waals surface area (Å²) >= 11 is 0. The average molecular weight is 440 g/mol. The van der Waals surface area contributed by atoms with Crippen LogP contribution in [-0.4, -0.2) is 24.5 Å². The summed E-state index contributed by atoms with van der Waals surface area (Å²) in [5, 5.41) is 8.58. The van der Waals surface area contributed by atoms with Crippen LogP contribution in [0, 0.1) is 0 Å². The van der Waals surface area contributed by atoms with Crippen LogP contribution in [0.25, 0.3) is 11.3 Å². The number of aromatic nitrogens is 5. The van der Waals surface area contributed by atoms with Gasteiger partial charge in [-0.3, -0.25) is 14.5 Å². The molecule has 2 fully saturated rings. The van der Waals surface area contributed by atoms with Crippen molar-refractivity contribution in [1.82, 2.24) is 24.5 Å². The van der Waals surface area contributed by atoms with Crippen LogP contribution >= 0.6 is 0 Å². The van der Waals surface area contributed by atoms with Gasteiger partial charge >= 0.3 is 0 Å². The molecule has 0 amide bonds. The van der Waals surface area contributed by atoms with Crippen LogP contribution in [0.3, 0.4) is 0 Å². The summed E-state index contributed by atoms with van der Waals surface area (Å²) in [6.07, 6.45) is 7.90. The molecule has 0 saturated heterocycles. The third kappa shape index (κ3) is 3.98. The topological polar surface area (TPSA) is 65.6 Å². The van der Waals surface area contributed by atoms with Gasteiger partial charge in [-0.25, -0.2) is 13.5 Å². The number of rotatable bonds is 6. The average Bonchev–Trinajstić information content (AvgIpc) is 3.57. The number of alkyl halides is 2. The molecule has 0 radical (unpaired) electrons. The second-order valence-corrected chi connectivity index (χ2v) is 8.96. The summed E-state index contributed by atoms with van der Waals surface area (Å²) in [7, 11) is 1.50. The van der Waals surface area contributed by atoms with Crippen LogP contribution in [0.5, 0.6) is 0 Å². The predicted molar refractivity (Wildman–Crippen MR) is 117 cm³/mol. The summed E-state index contributed by atoms with van der Waals surface area (Å²) in [6, 6.07) is 5.70. The first-order valence-electron chi connectivity index (χ1n) is 11.4. The molecular formula is C24H27F2N5O. The van der Waals surface area contributed by atoms with E-state index in [0.29, 0.717) is 17.2 Å². The predicted octanol–water partition coefficient (Wildman–Crippen LogP) is 4.95. The van der Waals surface area contributed by atoms with E-state index in [9.17, 15) is 13.6 Å². The molecular weight excluding hydrogens is 412 g/mol. The molecule has 3 aromatic rings. The summed E-state index contributed by atoms with van der Waals surface area (Å²) < 4.78 is 30.1. The van der Waals surface area contributed by atoms with Crippen molar-refractivity contribution in [2.24, 2.45) is 7.05 Å². The lowest BCUT2D eigenvalue weighted by Crippen LogP contribution is -2.30. The Hall–Kier alpha value is -2.90. The molecule has 8 heteroatoms. The fourth-order valence-electron chi connectivity index (χ4n) is 4.90. The number of hydrogen-bond acceptors (Lipinski definition) is 4. The largest absolute Gasteiger partial charge is 0.280 e.